The molecule has 5 rings (SSSR count). The van der Waals surface area contributed by atoms with E-state index in [4.69, 9.17) is 9.97 Å². The van der Waals surface area contributed by atoms with Crippen LogP contribution in [0, 0.1) is 12.8 Å². The molecule has 0 unspecified atom stereocenters. The molecule has 0 amide bonds. The maximum atomic E-state index is 12.2. The van der Waals surface area contributed by atoms with Gasteiger partial charge in [-0.05, 0) is 37.7 Å². The summed E-state index contributed by atoms with van der Waals surface area (Å²) in [5, 5.41) is 4.14. The molecular formula is C19H18N4OS3. The molecule has 0 radical (unpaired) electrons. The van der Waals surface area contributed by atoms with E-state index >= 15 is 0 Å². The normalized spacial score (nSPS) is 16.9. The van der Waals surface area contributed by atoms with E-state index in [-0.39, 0.29) is 5.56 Å². The second-order valence-electron chi connectivity index (χ2n) is 7.04. The zero-order valence-electron chi connectivity index (χ0n) is 15.1. The Morgan fingerprint density at radius 3 is 3.11 bits per heavy atom. The van der Waals surface area contributed by atoms with Crippen molar-refractivity contribution >= 4 is 49.6 Å². The van der Waals surface area contributed by atoms with E-state index in [0.29, 0.717) is 5.75 Å². The zero-order chi connectivity index (χ0) is 18.5. The minimum absolute atomic E-state index is 0.0252. The quantitative estimate of drug-likeness (QED) is 0.365. The van der Waals surface area contributed by atoms with Gasteiger partial charge in [-0.1, -0.05) is 18.7 Å². The van der Waals surface area contributed by atoms with Crippen molar-refractivity contribution in [2.45, 2.75) is 43.9 Å². The predicted octanol–water partition coefficient (Wildman–Crippen LogP) is 4.49. The van der Waals surface area contributed by atoms with Gasteiger partial charge in [0.2, 0.25) is 0 Å². The number of aromatic nitrogens is 4. The number of hydrogen-bond donors (Lipinski definition) is 0. The molecule has 27 heavy (non-hydrogen) atoms. The van der Waals surface area contributed by atoms with Gasteiger partial charge in [0.25, 0.3) is 5.56 Å². The van der Waals surface area contributed by atoms with Gasteiger partial charge in [0.1, 0.15) is 15.7 Å². The van der Waals surface area contributed by atoms with Crippen molar-refractivity contribution in [1.82, 2.24) is 19.4 Å². The monoisotopic (exact) mass is 414 g/mol. The molecule has 4 heterocycles. The van der Waals surface area contributed by atoms with E-state index in [9.17, 15) is 4.79 Å². The van der Waals surface area contributed by atoms with Crippen LogP contribution >= 0.6 is 34.4 Å². The second kappa shape index (κ2) is 6.68. The average molecular weight is 415 g/mol. The molecule has 0 saturated heterocycles. The molecule has 0 saturated carbocycles. The largest absolute Gasteiger partial charge is 0.269 e. The van der Waals surface area contributed by atoms with E-state index < -0.39 is 0 Å². The van der Waals surface area contributed by atoms with Gasteiger partial charge in [0, 0.05) is 33.7 Å². The van der Waals surface area contributed by atoms with Crippen LogP contribution < -0.4 is 5.56 Å². The molecule has 0 bridgehead atoms. The van der Waals surface area contributed by atoms with E-state index in [1.165, 1.54) is 33.6 Å². The SMILES string of the molecule is Cc1nc(SCc2cc(=O)n3ccsc3n2)c2c3c(sc2n1)C[C@H](C)CC3. The minimum atomic E-state index is -0.0252. The van der Waals surface area contributed by atoms with Crippen molar-refractivity contribution in [3.63, 3.8) is 0 Å². The highest BCUT2D eigenvalue weighted by atomic mass is 32.2. The number of rotatable bonds is 3. The second-order valence-corrected chi connectivity index (χ2v) is 9.96. The topological polar surface area (TPSA) is 60.2 Å². The van der Waals surface area contributed by atoms with Crippen molar-refractivity contribution in [3.05, 3.63) is 50.0 Å². The molecular weight excluding hydrogens is 396 g/mol. The Balaban J connectivity index is 1.53. The first kappa shape index (κ1) is 17.3. The van der Waals surface area contributed by atoms with Gasteiger partial charge in [-0.2, -0.15) is 0 Å². The lowest BCUT2D eigenvalue weighted by Crippen LogP contribution is -2.12. The summed E-state index contributed by atoms with van der Waals surface area (Å²) >= 11 is 4.97. The van der Waals surface area contributed by atoms with Crippen LogP contribution in [0.5, 0.6) is 0 Å². The average Bonchev–Trinajstić information content (AvgIpc) is 3.23. The van der Waals surface area contributed by atoms with E-state index in [1.807, 2.05) is 23.6 Å². The number of nitrogens with zero attached hydrogens (tertiary/aromatic N) is 4. The molecule has 4 aromatic heterocycles. The Bertz CT molecular complexity index is 1220. The molecule has 0 aromatic carbocycles. The summed E-state index contributed by atoms with van der Waals surface area (Å²) in [5.74, 6) is 2.18. The molecule has 4 aromatic rings. The standard InChI is InChI=1S/C19H18N4OS3/c1-10-3-4-13-14(7-10)27-18-16(13)17(20-11(2)21-18)26-9-12-8-15(24)23-5-6-25-19(23)22-12/h5-6,8,10H,3-4,7,9H2,1-2H3/t10-/m1/s1. The zero-order valence-corrected chi connectivity index (χ0v) is 17.5. The van der Waals surface area contributed by atoms with E-state index in [0.717, 1.165) is 45.1 Å². The van der Waals surface area contributed by atoms with Crippen molar-refractivity contribution in [2.75, 3.05) is 0 Å². The molecule has 1 atom stereocenters. The summed E-state index contributed by atoms with van der Waals surface area (Å²) in [7, 11) is 0. The number of thiazole rings is 1. The highest BCUT2D eigenvalue weighted by molar-refractivity contribution is 7.98. The molecule has 0 aliphatic heterocycles. The van der Waals surface area contributed by atoms with Crippen LogP contribution in [0.1, 0.15) is 35.3 Å². The van der Waals surface area contributed by atoms with Crippen LogP contribution in [0.25, 0.3) is 15.2 Å². The summed E-state index contributed by atoms with van der Waals surface area (Å²) < 4.78 is 1.59. The van der Waals surface area contributed by atoms with Gasteiger partial charge < -0.3 is 0 Å². The first-order valence-electron chi connectivity index (χ1n) is 8.96. The maximum absolute atomic E-state index is 12.2. The molecule has 8 heteroatoms. The lowest BCUT2D eigenvalue weighted by Gasteiger charge is -2.18. The predicted molar refractivity (Wildman–Crippen MR) is 112 cm³/mol. The fourth-order valence-electron chi connectivity index (χ4n) is 3.62. The Labute approximate surface area is 168 Å². The van der Waals surface area contributed by atoms with Crippen molar-refractivity contribution in [1.29, 1.82) is 0 Å². The lowest BCUT2D eigenvalue weighted by atomic mass is 9.89. The van der Waals surface area contributed by atoms with Crippen molar-refractivity contribution in [2.24, 2.45) is 5.92 Å². The fourth-order valence-corrected chi connectivity index (χ4v) is 6.84. The van der Waals surface area contributed by atoms with E-state index in [2.05, 4.69) is 11.9 Å². The third kappa shape index (κ3) is 3.09. The molecule has 0 N–H and O–H groups in total. The molecule has 1 aliphatic carbocycles. The summed E-state index contributed by atoms with van der Waals surface area (Å²) in [4.78, 5) is 29.6. The third-order valence-electron chi connectivity index (χ3n) is 4.95. The summed E-state index contributed by atoms with van der Waals surface area (Å²) in [6.07, 6.45) is 5.25. The van der Waals surface area contributed by atoms with E-state index in [1.54, 1.807) is 28.4 Å². The van der Waals surface area contributed by atoms with Crippen LogP contribution in [0.3, 0.4) is 0 Å². The van der Waals surface area contributed by atoms with Gasteiger partial charge in [0.05, 0.1) is 5.69 Å². The van der Waals surface area contributed by atoms with Crippen molar-refractivity contribution in [3.8, 4) is 0 Å². The summed E-state index contributed by atoms with van der Waals surface area (Å²) in [6, 6.07) is 1.63. The Morgan fingerprint density at radius 2 is 2.22 bits per heavy atom. The highest BCUT2D eigenvalue weighted by Crippen LogP contribution is 2.41. The number of hydrogen-bond acceptors (Lipinski definition) is 7. The van der Waals surface area contributed by atoms with Crippen molar-refractivity contribution < 1.29 is 0 Å². The van der Waals surface area contributed by atoms with Crippen LogP contribution in [0.15, 0.2) is 27.5 Å². The molecule has 0 spiro atoms. The molecule has 1 aliphatic rings. The number of thiophene rings is 1. The lowest BCUT2D eigenvalue weighted by molar-refractivity contribution is 0.509. The van der Waals surface area contributed by atoms with Crippen LogP contribution in [-0.4, -0.2) is 19.4 Å². The minimum Gasteiger partial charge on any atom is -0.269 e. The van der Waals surface area contributed by atoms with Crippen LogP contribution in [-0.2, 0) is 18.6 Å². The summed E-state index contributed by atoms with van der Waals surface area (Å²) in [5.41, 5.74) is 2.22. The third-order valence-corrected chi connectivity index (χ3v) is 7.86. The summed E-state index contributed by atoms with van der Waals surface area (Å²) in [6.45, 7) is 4.28. The fraction of sp³-hybridized carbons (Fsp3) is 0.368. The smallest absolute Gasteiger partial charge is 0.258 e. The van der Waals surface area contributed by atoms with Gasteiger partial charge in [-0.15, -0.1) is 22.7 Å². The number of thioether (sulfide) groups is 1. The molecule has 138 valence electrons. The first-order chi connectivity index (χ1) is 13.1. The van der Waals surface area contributed by atoms with Gasteiger partial charge in [-0.25, -0.2) is 15.0 Å². The maximum Gasteiger partial charge on any atom is 0.258 e. The van der Waals surface area contributed by atoms with Gasteiger partial charge >= 0.3 is 0 Å². The van der Waals surface area contributed by atoms with Crippen LogP contribution in [0.4, 0.5) is 0 Å². The van der Waals surface area contributed by atoms with Gasteiger partial charge in [0.15, 0.2) is 4.96 Å². The number of fused-ring (bicyclic) bond motifs is 4. The first-order valence-corrected chi connectivity index (χ1v) is 11.6. The molecule has 5 nitrogen and oxygen atoms in total. The Kier molecular flexibility index (Phi) is 4.29. The van der Waals surface area contributed by atoms with Crippen LogP contribution in [0.2, 0.25) is 0 Å². The Hall–Kier alpha value is -1.77. The number of aryl methyl sites for hydroxylation is 2. The molecule has 0 fully saturated rings. The van der Waals surface area contributed by atoms with Gasteiger partial charge in [-0.3, -0.25) is 9.20 Å². The highest BCUT2D eigenvalue weighted by Gasteiger charge is 2.23. The Morgan fingerprint density at radius 1 is 1.33 bits per heavy atom.